The molecule has 0 aliphatic rings. The Labute approximate surface area is 271 Å². The fraction of sp³-hybridized carbons (Fsp3) is 0.0732. The summed E-state index contributed by atoms with van der Waals surface area (Å²) in [5.41, 5.74) is 9.50. The Morgan fingerprint density at radius 3 is 1.53 bits per heavy atom. The van der Waals surface area contributed by atoms with Gasteiger partial charge in [-0.2, -0.15) is 0 Å². The largest absolute Gasteiger partial charge is 0.0990 e. The highest BCUT2D eigenvalue weighted by Crippen LogP contribution is 2.47. The van der Waals surface area contributed by atoms with Gasteiger partial charge in [0.05, 0.1) is 0 Å². The molecule has 0 radical (unpaired) electrons. The van der Waals surface area contributed by atoms with E-state index in [2.05, 4.69) is 162 Å². The minimum absolute atomic E-state index is 1.01. The van der Waals surface area contributed by atoms with Crippen molar-refractivity contribution < 1.29 is 0 Å². The third-order valence-corrected chi connectivity index (χ3v) is 9.46. The van der Waals surface area contributed by atoms with Gasteiger partial charge in [0, 0.05) is 8.95 Å². The zero-order chi connectivity index (χ0) is 30.1. The Balaban J connectivity index is 1.56. The van der Waals surface area contributed by atoms with Crippen molar-refractivity contribution in [3.63, 3.8) is 0 Å². The third kappa shape index (κ3) is 5.24. The highest BCUT2D eigenvalue weighted by molar-refractivity contribution is 9.11. The van der Waals surface area contributed by atoms with Crippen molar-refractivity contribution in [1.82, 2.24) is 0 Å². The van der Waals surface area contributed by atoms with Gasteiger partial charge in [-0.3, -0.25) is 0 Å². The lowest BCUT2D eigenvalue weighted by atomic mass is 9.86. The average Bonchev–Trinajstić information content (AvgIpc) is 3.04. The lowest BCUT2D eigenvalue weighted by Gasteiger charge is -2.19. The molecule has 0 saturated heterocycles. The van der Waals surface area contributed by atoms with Gasteiger partial charge in [0.25, 0.3) is 0 Å². The average molecular weight is 685 g/mol. The van der Waals surface area contributed by atoms with Crippen LogP contribution in [0.4, 0.5) is 0 Å². The first kappa shape index (κ1) is 29.1. The van der Waals surface area contributed by atoms with E-state index in [-0.39, 0.29) is 0 Å². The van der Waals surface area contributed by atoms with Gasteiger partial charge in [0.2, 0.25) is 0 Å². The summed E-state index contributed by atoms with van der Waals surface area (Å²) in [6.07, 6.45) is 13.2. The van der Waals surface area contributed by atoms with Crippen LogP contribution >= 0.6 is 31.9 Å². The quantitative estimate of drug-likeness (QED) is 0.111. The molecule has 0 heterocycles. The van der Waals surface area contributed by atoms with Gasteiger partial charge >= 0.3 is 0 Å². The number of hydrogen-bond acceptors (Lipinski definition) is 0. The third-order valence-electron chi connectivity index (χ3n) is 8.14. The minimum atomic E-state index is 1.01. The Morgan fingerprint density at radius 2 is 1.12 bits per heavy atom. The second-order valence-corrected chi connectivity index (χ2v) is 12.4. The maximum absolute atomic E-state index is 3.97. The Bertz CT molecular complexity index is 2090. The zero-order valence-corrected chi connectivity index (χ0v) is 27.6. The minimum Gasteiger partial charge on any atom is -0.0990 e. The molecule has 0 nitrogen and oxygen atoms in total. The molecule has 0 fully saturated rings. The lowest BCUT2D eigenvalue weighted by molar-refractivity contribution is 1.23. The lowest BCUT2D eigenvalue weighted by Crippen LogP contribution is -1.92. The van der Waals surface area contributed by atoms with E-state index in [1.807, 2.05) is 12.2 Å². The number of benzene rings is 6. The van der Waals surface area contributed by atoms with Gasteiger partial charge in [-0.05, 0) is 102 Å². The van der Waals surface area contributed by atoms with Crippen molar-refractivity contribution in [2.24, 2.45) is 0 Å². The first-order chi connectivity index (χ1) is 21.0. The molecule has 0 aromatic heterocycles. The van der Waals surface area contributed by atoms with Crippen LogP contribution in [0.3, 0.4) is 0 Å². The molecule has 0 aliphatic heterocycles. The van der Waals surface area contributed by atoms with Crippen LogP contribution < -0.4 is 0 Å². The van der Waals surface area contributed by atoms with Crippen molar-refractivity contribution in [2.75, 3.05) is 0 Å². The molecule has 6 rings (SSSR count). The summed E-state index contributed by atoms with van der Waals surface area (Å²) >= 11 is 7.87. The monoisotopic (exact) mass is 682 g/mol. The molecule has 0 atom stereocenters. The standard InChI is InChI=1S/C41H32Br2/c1-5-9-26(8-4)28-12-16-30(17-13-28)36-24-38(42)34-22-23-35-39(43)25-37(33-21-20-32(36)40(34)41(33)35)31-18-14-29(15-19-31)27(10-6-2)11-7-3/h5-6,8-25H,1,4,7H2,2-3H3/b10-6-,26-9+,27-11+. The molecule has 6 aromatic carbocycles. The Kier molecular flexibility index (Phi) is 8.34. The Morgan fingerprint density at radius 1 is 0.651 bits per heavy atom. The summed E-state index contributed by atoms with van der Waals surface area (Å²) in [5.74, 6) is 0. The molecule has 0 unspecified atom stereocenters. The maximum Gasteiger partial charge on any atom is 0.0260 e. The van der Waals surface area contributed by atoms with E-state index >= 15 is 0 Å². The number of halogens is 2. The van der Waals surface area contributed by atoms with E-state index in [4.69, 9.17) is 0 Å². The van der Waals surface area contributed by atoms with Crippen LogP contribution in [0.2, 0.25) is 0 Å². The van der Waals surface area contributed by atoms with Crippen LogP contribution in [0.1, 0.15) is 31.4 Å². The van der Waals surface area contributed by atoms with Crippen molar-refractivity contribution in [2.45, 2.75) is 20.3 Å². The summed E-state index contributed by atoms with van der Waals surface area (Å²) in [4.78, 5) is 0. The highest BCUT2D eigenvalue weighted by Gasteiger charge is 2.18. The van der Waals surface area contributed by atoms with E-state index in [0.29, 0.717) is 0 Å². The fourth-order valence-electron chi connectivity index (χ4n) is 6.16. The van der Waals surface area contributed by atoms with Crippen molar-refractivity contribution in [1.29, 1.82) is 0 Å². The van der Waals surface area contributed by atoms with Gasteiger partial charge in [-0.15, -0.1) is 0 Å². The Hall–Kier alpha value is -3.98. The molecule has 0 bridgehead atoms. The molecule has 0 aliphatic carbocycles. The van der Waals surface area contributed by atoms with E-state index in [1.54, 1.807) is 6.08 Å². The summed E-state index contributed by atoms with van der Waals surface area (Å²) in [5, 5.41) is 7.50. The van der Waals surface area contributed by atoms with Crippen molar-refractivity contribution in [3.8, 4) is 22.3 Å². The molecule has 210 valence electrons. The van der Waals surface area contributed by atoms with Crippen molar-refractivity contribution in [3.05, 3.63) is 155 Å². The molecule has 0 amide bonds. The predicted octanol–water partition coefficient (Wildman–Crippen LogP) is 13.6. The SMILES string of the molecule is C=C/C=C(\C=C)c1ccc(-c2cc(Br)c3ccc4c(Br)cc(-c5ccc(C(/C=C\C)=C/CC)cc5)c5ccc2c3c45)cc1. The van der Waals surface area contributed by atoms with E-state index in [9.17, 15) is 0 Å². The van der Waals surface area contributed by atoms with Crippen LogP contribution in [-0.2, 0) is 0 Å². The van der Waals surface area contributed by atoms with E-state index in [1.165, 1.54) is 65.7 Å². The number of hydrogen-bond donors (Lipinski definition) is 0. The molecule has 6 aromatic rings. The molecular weight excluding hydrogens is 652 g/mol. The number of allylic oxidation sites excluding steroid dienone is 8. The highest BCUT2D eigenvalue weighted by atomic mass is 79.9. The van der Waals surface area contributed by atoms with E-state index < -0.39 is 0 Å². The van der Waals surface area contributed by atoms with Gasteiger partial charge in [0.15, 0.2) is 0 Å². The van der Waals surface area contributed by atoms with Gasteiger partial charge in [-0.1, -0.05) is 161 Å². The van der Waals surface area contributed by atoms with Gasteiger partial charge < -0.3 is 0 Å². The summed E-state index contributed by atoms with van der Waals surface area (Å²) in [6, 6.07) is 31.3. The molecular formula is C41H32Br2. The normalized spacial score (nSPS) is 12.7. The van der Waals surface area contributed by atoms with Crippen LogP contribution in [0.25, 0.3) is 65.7 Å². The first-order valence-electron chi connectivity index (χ1n) is 14.6. The fourth-order valence-corrected chi connectivity index (χ4v) is 7.28. The van der Waals surface area contributed by atoms with E-state index in [0.717, 1.165) is 26.5 Å². The molecule has 0 spiro atoms. The molecule has 2 heteroatoms. The van der Waals surface area contributed by atoms with Crippen LogP contribution in [0.15, 0.2) is 143 Å². The first-order valence-corrected chi connectivity index (χ1v) is 16.2. The summed E-state index contributed by atoms with van der Waals surface area (Å²) in [6.45, 7) is 12.1. The van der Waals surface area contributed by atoms with Gasteiger partial charge in [0.1, 0.15) is 0 Å². The second-order valence-electron chi connectivity index (χ2n) is 10.7. The smallest absolute Gasteiger partial charge is 0.0260 e. The van der Waals surface area contributed by atoms with Crippen molar-refractivity contribution >= 4 is 75.3 Å². The molecule has 0 N–H and O–H groups in total. The summed E-state index contributed by atoms with van der Waals surface area (Å²) < 4.78 is 2.20. The summed E-state index contributed by atoms with van der Waals surface area (Å²) in [7, 11) is 0. The zero-order valence-electron chi connectivity index (χ0n) is 24.4. The second kappa shape index (κ2) is 12.3. The number of rotatable bonds is 8. The van der Waals surface area contributed by atoms with Crippen LogP contribution in [0, 0.1) is 0 Å². The predicted molar refractivity (Wildman–Crippen MR) is 198 cm³/mol. The molecule has 0 saturated carbocycles. The van der Waals surface area contributed by atoms with Crippen LogP contribution in [0.5, 0.6) is 0 Å². The van der Waals surface area contributed by atoms with Gasteiger partial charge in [-0.25, -0.2) is 0 Å². The maximum atomic E-state index is 3.97. The molecule has 43 heavy (non-hydrogen) atoms. The topological polar surface area (TPSA) is 0 Å². The van der Waals surface area contributed by atoms with Crippen LogP contribution in [-0.4, -0.2) is 0 Å².